The highest BCUT2D eigenvalue weighted by molar-refractivity contribution is 5.52. The van der Waals surface area contributed by atoms with E-state index in [0.29, 0.717) is 5.89 Å². The van der Waals surface area contributed by atoms with E-state index in [4.69, 9.17) is 10.2 Å². The van der Waals surface area contributed by atoms with Crippen LogP contribution in [-0.4, -0.2) is 4.98 Å². The van der Waals surface area contributed by atoms with Gasteiger partial charge in [-0.3, -0.25) is 0 Å². The van der Waals surface area contributed by atoms with E-state index >= 15 is 0 Å². The monoisotopic (exact) mass is 218 g/mol. The summed E-state index contributed by atoms with van der Waals surface area (Å²) in [4.78, 5) is 4.29. The Morgan fingerprint density at radius 2 is 1.81 bits per heavy atom. The predicted molar refractivity (Wildman–Crippen MR) is 65.9 cm³/mol. The third-order valence-corrected chi connectivity index (χ3v) is 2.01. The van der Waals surface area contributed by atoms with E-state index in [2.05, 4.69) is 4.98 Å². The molecule has 0 amide bonds. The molecule has 0 bridgehead atoms. The highest BCUT2D eigenvalue weighted by Crippen LogP contribution is 2.19. The number of nitrogens with zero attached hydrogens (tertiary/aromatic N) is 1. The molecular formula is C13H18N2O. The van der Waals surface area contributed by atoms with Gasteiger partial charge in [0.2, 0.25) is 5.89 Å². The molecule has 1 aromatic heterocycles. The van der Waals surface area contributed by atoms with Crippen LogP contribution in [0.15, 0.2) is 41.0 Å². The van der Waals surface area contributed by atoms with Crippen molar-refractivity contribution >= 4 is 0 Å². The lowest BCUT2D eigenvalue weighted by Crippen LogP contribution is -2.04. The van der Waals surface area contributed by atoms with Gasteiger partial charge in [-0.2, -0.15) is 0 Å². The third kappa shape index (κ3) is 2.94. The molecule has 0 aliphatic rings. The second-order valence-electron chi connectivity index (χ2n) is 3.23. The summed E-state index contributed by atoms with van der Waals surface area (Å²) in [6.45, 7) is 5.88. The minimum Gasteiger partial charge on any atom is -0.444 e. The van der Waals surface area contributed by atoms with E-state index in [0.717, 1.165) is 11.3 Å². The van der Waals surface area contributed by atoms with E-state index in [1.54, 1.807) is 6.26 Å². The first-order chi connectivity index (χ1) is 7.77. The minimum atomic E-state index is -0.0868. The van der Waals surface area contributed by atoms with Crippen molar-refractivity contribution in [2.24, 2.45) is 5.73 Å². The van der Waals surface area contributed by atoms with Gasteiger partial charge >= 0.3 is 0 Å². The van der Waals surface area contributed by atoms with Gasteiger partial charge in [-0.1, -0.05) is 32.0 Å². The highest BCUT2D eigenvalue weighted by Gasteiger charge is 2.08. The van der Waals surface area contributed by atoms with Crippen LogP contribution in [0.2, 0.25) is 0 Å². The van der Waals surface area contributed by atoms with Crippen molar-refractivity contribution in [1.29, 1.82) is 0 Å². The normalized spacial score (nSPS) is 11.5. The molecule has 1 heterocycles. The Labute approximate surface area is 96.3 Å². The molecule has 0 spiro atoms. The summed E-state index contributed by atoms with van der Waals surface area (Å²) in [5, 5.41) is 0. The second-order valence-corrected chi connectivity index (χ2v) is 3.23. The average Bonchev–Trinajstić information content (AvgIpc) is 2.82. The van der Waals surface area contributed by atoms with Crippen molar-refractivity contribution in [3.8, 4) is 11.5 Å². The van der Waals surface area contributed by atoms with Gasteiger partial charge in [0, 0.05) is 11.6 Å². The van der Waals surface area contributed by atoms with Crippen LogP contribution in [0.3, 0.4) is 0 Å². The summed E-state index contributed by atoms with van der Waals surface area (Å²) >= 11 is 0. The summed E-state index contributed by atoms with van der Waals surface area (Å²) in [6.07, 6.45) is 1.60. The maximum absolute atomic E-state index is 5.68. The predicted octanol–water partition coefficient (Wildman–Crippen LogP) is 3.39. The van der Waals surface area contributed by atoms with Crippen LogP contribution in [0.25, 0.3) is 11.5 Å². The zero-order valence-corrected chi connectivity index (χ0v) is 9.97. The van der Waals surface area contributed by atoms with Crippen molar-refractivity contribution < 1.29 is 4.42 Å². The fraction of sp³-hybridized carbons (Fsp3) is 0.308. The molecule has 0 fully saturated rings. The van der Waals surface area contributed by atoms with E-state index in [9.17, 15) is 0 Å². The molecular weight excluding hydrogens is 200 g/mol. The van der Waals surface area contributed by atoms with Crippen molar-refractivity contribution in [3.05, 3.63) is 42.3 Å². The van der Waals surface area contributed by atoms with Crippen molar-refractivity contribution in [2.45, 2.75) is 26.8 Å². The highest BCUT2D eigenvalue weighted by atomic mass is 16.3. The number of hydrogen-bond donors (Lipinski definition) is 1. The standard InChI is InChI=1S/C11H12N2O.C2H6/c1-8(12)10-7-14-11(13-10)9-5-3-2-4-6-9;1-2/h2-8H,12H2,1H3;1-2H3. The van der Waals surface area contributed by atoms with E-state index in [-0.39, 0.29) is 6.04 Å². The quantitative estimate of drug-likeness (QED) is 0.840. The van der Waals surface area contributed by atoms with Gasteiger partial charge in [0.25, 0.3) is 0 Å². The zero-order valence-electron chi connectivity index (χ0n) is 9.97. The number of aromatic nitrogens is 1. The van der Waals surface area contributed by atoms with Crippen LogP contribution in [0.5, 0.6) is 0 Å². The first kappa shape index (κ1) is 12.5. The van der Waals surface area contributed by atoms with Crippen molar-refractivity contribution in [2.75, 3.05) is 0 Å². The summed E-state index contributed by atoms with van der Waals surface area (Å²) in [5.74, 6) is 0.623. The SMILES string of the molecule is CC.CC(N)c1coc(-c2ccccc2)n1. The Morgan fingerprint density at radius 3 is 2.31 bits per heavy atom. The summed E-state index contributed by atoms with van der Waals surface area (Å²) in [6, 6.07) is 9.68. The molecule has 0 saturated carbocycles. The number of benzene rings is 1. The van der Waals surface area contributed by atoms with E-state index in [1.807, 2.05) is 51.1 Å². The van der Waals surface area contributed by atoms with Crippen LogP contribution >= 0.6 is 0 Å². The number of oxazole rings is 1. The molecule has 2 N–H and O–H groups in total. The van der Waals surface area contributed by atoms with Gasteiger partial charge in [0.1, 0.15) is 6.26 Å². The van der Waals surface area contributed by atoms with Crippen molar-refractivity contribution in [1.82, 2.24) is 4.98 Å². The fourth-order valence-electron chi connectivity index (χ4n) is 1.21. The Morgan fingerprint density at radius 1 is 1.19 bits per heavy atom. The molecule has 0 saturated heterocycles. The lowest BCUT2D eigenvalue weighted by atomic mass is 10.2. The van der Waals surface area contributed by atoms with Crippen LogP contribution in [0.4, 0.5) is 0 Å². The van der Waals surface area contributed by atoms with Gasteiger partial charge in [-0.25, -0.2) is 4.98 Å². The molecule has 0 radical (unpaired) electrons. The van der Waals surface area contributed by atoms with Crippen LogP contribution in [-0.2, 0) is 0 Å². The molecule has 1 aromatic carbocycles. The Balaban J connectivity index is 0.000000606. The van der Waals surface area contributed by atoms with Gasteiger partial charge < -0.3 is 10.2 Å². The molecule has 0 aliphatic carbocycles. The lowest BCUT2D eigenvalue weighted by molar-refractivity contribution is 0.570. The first-order valence-electron chi connectivity index (χ1n) is 5.54. The maximum atomic E-state index is 5.68. The van der Waals surface area contributed by atoms with Gasteiger partial charge in [0.15, 0.2) is 0 Å². The van der Waals surface area contributed by atoms with Crippen molar-refractivity contribution in [3.63, 3.8) is 0 Å². The smallest absolute Gasteiger partial charge is 0.226 e. The Kier molecular flexibility index (Phi) is 4.73. The molecule has 3 heteroatoms. The maximum Gasteiger partial charge on any atom is 0.226 e. The van der Waals surface area contributed by atoms with Crippen LogP contribution in [0.1, 0.15) is 32.5 Å². The topological polar surface area (TPSA) is 52.0 Å². The molecule has 3 nitrogen and oxygen atoms in total. The van der Waals surface area contributed by atoms with Gasteiger partial charge in [-0.05, 0) is 19.1 Å². The number of hydrogen-bond acceptors (Lipinski definition) is 3. The Bertz CT molecular complexity index is 407. The molecule has 16 heavy (non-hydrogen) atoms. The summed E-state index contributed by atoms with van der Waals surface area (Å²) in [7, 11) is 0. The molecule has 1 atom stereocenters. The van der Waals surface area contributed by atoms with E-state index in [1.165, 1.54) is 0 Å². The molecule has 86 valence electrons. The zero-order chi connectivity index (χ0) is 12.0. The van der Waals surface area contributed by atoms with Crippen LogP contribution < -0.4 is 5.73 Å². The summed E-state index contributed by atoms with van der Waals surface area (Å²) < 4.78 is 5.32. The third-order valence-electron chi connectivity index (χ3n) is 2.01. The molecule has 2 rings (SSSR count). The van der Waals surface area contributed by atoms with Gasteiger partial charge in [0.05, 0.1) is 5.69 Å². The Hall–Kier alpha value is -1.61. The summed E-state index contributed by atoms with van der Waals surface area (Å²) in [5.41, 5.74) is 7.44. The number of rotatable bonds is 2. The minimum absolute atomic E-state index is 0.0868. The number of nitrogens with two attached hydrogens (primary N) is 1. The molecule has 0 aliphatic heterocycles. The first-order valence-corrected chi connectivity index (χ1v) is 5.54. The molecule has 2 aromatic rings. The lowest BCUT2D eigenvalue weighted by Gasteiger charge is -1.95. The van der Waals surface area contributed by atoms with E-state index < -0.39 is 0 Å². The average molecular weight is 218 g/mol. The van der Waals surface area contributed by atoms with Crippen LogP contribution in [0, 0.1) is 0 Å². The molecule has 1 unspecified atom stereocenters. The van der Waals surface area contributed by atoms with Gasteiger partial charge in [-0.15, -0.1) is 0 Å². The fourth-order valence-corrected chi connectivity index (χ4v) is 1.21. The largest absolute Gasteiger partial charge is 0.444 e. The second kappa shape index (κ2) is 6.08.